The van der Waals surface area contributed by atoms with Crippen LogP contribution in [0.25, 0.3) is 0 Å². The van der Waals surface area contributed by atoms with Gasteiger partial charge in [-0.1, -0.05) is 12.1 Å². The molecule has 2 aliphatic heterocycles. The average molecular weight is 449 g/mol. The molecule has 0 amide bonds. The Morgan fingerprint density at radius 1 is 0.938 bits per heavy atom. The van der Waals surface area contributed by atoms with E-state index in [0.29, 0.717) is 51.4 Å². The Bertz CT molecular complexity index is 907. The zero-order chi connectivity index (χ0) is 22.6. The van der Waals surface area contributed by atoms with Gasteiger partial charge >= 0.3 is 0 Å². The first kappa shape index (κ1) is 22.9. The van der Waals surface area contributed by atoms with Gasteiger partial charge in [0.2, 0.25) is 0 Å². The second kappa shape index (κ2) is 9.70. The number of benzene rings is 2. The largest absolute Gasteiger partial charge is 0.490 e. The van der Waals surface area contributed by atoms with Crippen molar-refractivity contribution in [3.05, 3.63) is 60.2 Å². The van der Waals surface area contributed by atoms with Crippen molar-refractivity contribution in [3.63, 3.8) is 0 Å². The van der Waals surface area contributed by atoms with Crippen molar-refractivity contribution < 1.29 is 28.5 Å². The molecule has 2 N–H and O–H groups in total. The third-order valence-electron chi connectivity index (χ3n) is 6.13. The molecule has 0 unspecified atom stereocenters. The van der Waals surface area contributed by atoms with Gasteiger partial charge in [-0.3, -0.25) is 4.90 Å². The van der Waals surface area contributed by atoms with Crippen LogP contribution in [0.2, 0.25) is 0 Å². The first-order chi connectivity index (χ1) is 15.3. The Labute approximate surface area is 187 Å². The lowest BCUT2D eigenvalue weighted by Crippen LogP contribution is -2.55. The van der Waals surface area contributed by atoms with Crippen molar-refractivity contribution in [1.82, 2.24) is 4.90 Å². The van der Waals surface area contributed by atoms with Crippen LogP contribution < -0.4 is 9.64 Å². The number of ether oxygens (including phenoxy) is 2. The average Bonchev–Trinajstić information content (AvgIpc) is 2.94. The van der Waals surface area contributed by atoms with Crippen LogP contribution in [0.15, 0.2) is 48.5 Å². The maximum atomic E-state index is 13.5. The number of β-amino-alcohol motifs (C(OH)–C–C–N with tert-alkyl or cyclic N) is 2. The Balaban J connectivity index is 1.33. The van der Waals surface area contributed by atoms with E-state index in [1.807, 2.05) is 11.0 Å². The molecule has 0 radical (unpaired) electrons. The molecule has 0 saturated carbocycles. The summed E-state index contributed by atoms with van der Waals surface area (Å²) in [7, 11) is 0. The number of rotatable bonds is 6. The molecule has 2 aromatic rings. The third kappa shape index (κ3) is 5.95. The summed E-state index contributed by atoms with van der Waals surface area (Å²) in [5.74, 6) is -0.328. The van der Waals surface area contributed by atoms with Crippen LogP contribution >= 0.6 is 0 Å². The number of nitrogens with zero attached hydrogens (tertiary/aromatic N) is 2. The molecule has 0 spiro atoms. The van der Waals surface area contributed by atoms with E-state index in [1.54, 1.807) is 18.2 Å². The van der Waals surface area contributed by atoms with Crippen molar-refractivity contribution in [2.75, 3.05) is 57.4 Å². The van der Waals surface area contributed by atoms with Crippen molar-refractivity contribution in [1.29, 1.82) is 0 Å². The van der Waals surface area contributed by atoms with E-state index >= 15 is 0 Å². The monoisotopic (exact) mass is 448 g/mol. The molecule has 8 heteroatoms. The van der Waals surface area contributed by atoms with Crippen LogP contribution in [-0.4, -0.2) is 78.9 Å². The summed E-state index contributed by atoms with van der Waals surface area (Å²) in [4.78, 5) is 4.08. The normalized spacial score (nSPS) is 24.2. The molecule has 2 aromatic carbocycles. The molecule has 0 aliphatic carbocycles. The summed E-state index contributed by atoms with van der Waals surface area (Å²) in [6.07, 6.45) is 1.08. The fourth-order valence-electron chi connectivity index (χ4n) is 4.42. The number of aliphatic hydroxyl groups is 2. The maximum Gasteiger partial charge on any atom is 0.134 e. The van der Waals surface area contributed by atoms with Crippen molar-refractivity contribution in [3.8, 4) is 5.75 Å². The first-order valence-corrected chi connectivity index (χ1v) is 11.0. The second-order valence-electron chi connectivity index (χ2n) is 8.92. The van der Waals surface area contributed by atoms with Crippen LogP contribution in [0.4, 0.5) is 14.5 Å². The zero-order valence-corrected chi connectivity index (χ0v) is 18.1. The van der Waals surface area contributed by atoms with Gasteiger partial charge in [0.1, 0.15) is 29.6 Å². The number of hydrogen-bond donors (Lipinski definition) is 2. The van der Waals surface area contributed by atoms with Crippen molar-refractivity contribution in [2.24, 2.45) is 0 Å². The lowest BCUT2D eigenvalue weighted by molar-refractivity contribution is -0.0742. The molecule has 2 heterocycles. The smallest absolute Gasteiger partial charge is 0.134 e. The topological polar surface area (TPSA) is 65.4 Å². The van der Waals surface area contributed by atoms with Crippen LogP contribution in [0.5, 0.6) is 5.75 Å². The van der Waals surface area contributed by atoms with Crippen molar-refractivity contribution >= 4 is 5.69 Å². The highest BCUT2D eigenvalue weighted by atomic mass is 19.1. The molecule has 0 aromatic heterocycles. The SMILES string of the molecule is OC1(CN2CCOC[C@@](O)(COc3cccc(F)c3)C2)CCN(c2cccc(F)c2)CC1. The predicted molar refractivity (Wildman–Crippen MR) is 117 cm³/mol. The zero-order valence-electron chi connectivity index (χ0n) is 18.1. The number of piperidine rings is 1. The third-order valence-corrected chi connectivity index (χ3v) is 6.13. The molecular formula is C24H30F2N2O4. The second-order valence-corrected chi connectivity index (χ2v) is 8.92. The van der Waals surface area contributed by atoms with Crippen LogP contribution in [0.1, 0.15) is 12.8 Å². The Morgan fingerprint density at radius 3 is 2.38 bits per heavy atom. The lowest BCUT2D eigenvalue weighted by atomic mass is 9.90. The molecule has 174 valence electrons. The highest BCUT2D eigenvalue weighted by Gasteiger charge is 2.39. The number of hydrogen-bond acceptors (Lipinski definition) is 6. The van der Waals surface area contributed by atoms with Gasteiger partial charge in [-0.15, -0.1) is 0 Å². The molecule has 4 rings (SSSR count). The van der Waals surface area contributed by atoms with Gasteiger partial charge in [0.05, 0.1) is 18.8 Å². The maximum absolute atomic E-state index is 13.5. The Hall–Kier alpha value is -2.26. The fraction of sp³-hybridized carbons (Fsp3) is 0.500. The minimum atomic E-state index is -1.28. The molecule has 1 atom stereocenters. The molecule has 2 fully saturated rings. The minimum absolute atomic E-state index is 0.0429. The van der Waals surface area contributed by atoms with E-state index in [2.05, 4.69) is 4.90 Å². The van der Waals surface area contributed by atoms with Gasteiger partial charge in [-0.05, 0) is 43.2 Å². The van der Waals surface area contributed by atoms with E-state index in [9.17, 15) is 19.0 Å². The van der Waals surface area contributed by atoms with Crippen LogP contribution in [0.3, 0.4) is 0 Å². The first-order valence-electron chi connectivity index (χ1n) is 11.0. The summed E-state index contributed by atoms with van der Waals surface area (Å²) in [6.45, 7) is 3.00. The molecule has 6 nitrogen and oxygen atoms in total. The highest BCUT2D eigenvalue weighted by molar-refractivity contribution is 5.47. The van der Waals surface area contributed by atoms with Gasteiger partial charge in [0.25, 0.3) is 0 Å². The van der Waals surface area contributed by atoms with Gasteiger partial charge in [0.15, 0.2) is 0 Å². The lowest BCUT2D eigenvalue weighted by Gasteiger charge is -2.42. The van der Waals surface area contributed by atoms with E-state index in [4.69, 9.17) is 9.47 Å². The molecule has 32 heavy (non-hydrogen) atoms. The van der Waals surface area contributed by atoms with E-state index in [0.717, 1.165) is 5.69 Å². The fourth-order valence-corrected chi connectivity index (χ4v) is 4.42. The van der Waals surface area contributed by atoms with Crippen LogP contribution in [-0.2, 0) is 4.74 Å². The number of halogens is 2. The Morgan fingerprint density at radius 2 is 1.66 bits per heavy atom. The van der Waals surface area contributed by atoms with E-state index < -0.39 is 17.0 Å². The van der Waals surface area contributed by atoms with Crippen LogP contribution in [0, 0.1) is 11.6 Å². The predicted octanol–water partition coefficient (Wildman–Crippen LogP) is 2.44. The summed E-state index contributed by atoms with van der Waals surface area (Å²) in [5, 5.41) is 22.3. The van der Waals surface area contributed by atoms with Gasteiger partial charge in [-0.2, -0.15) is 0 Å². The molecular weight excluding hydrogens is 418 g/mol. The Kier molecular flexibility index (Phi) is 6.95. The highest BCUT2D eigenvalue weighted by Crippen LogP contribution is 2.28. The molecule has 0 bridgehead atoms. The summed E-state index contributed by atoms with van der Waals surface area (Å²) in [5.41, 5.74) is -1.36. The van der Waals surface area contributed by atoms with Gasteiger partial charge in [0, 0.05) is 44.5 Å². The summed E-state index contributed by atoms with van der Waals surface area (Å²) in [6, 6.07) is 12.3. The van der Waals surface area contributed by atoms with Gasteiger partial charge in [-0.25, -0.2) is 8.78 Å². The summed E-state index contributed by atoms with van der Waals surface area (Å²) < 4.78 is 38.1. The number of anilines is 1. The van der Waals surface area contributed by atoms with Gasteiger partial charge < -0.3 is 24.6 Å². The molecule has 2 aliphatic rings. The van der Waals surface area contributed by atoms with Crippen molar-refractivity contribution in [2.45, 2.75) is 24.0 Å². The van der Waals surface area contributed by atoms with E-state index in [-0.39, 0.29) is 25.6 Å². The standard InChI is InChI=1S/C24H30F2N2O4/c25-19-3-1-5-21(13-19)28-9-7-23(29,8-10-28)15-27-11-12-31-17-24(30,16-27)18-32-22-6-2-4-20(26)14-22/h1-6,13-14,29-30H,7-12,15-18H2/t24-/m1/s1. The minimum Gasteiger partial charge on any atom is -0.490 e. The quantitative estimate of drug-likeness (QED) is 0.708. The molecule has 2 saturated heterocycles. The van der Waals surface area contributed by atoms with E-state index in [1.165, 1.54) is 24.3 Å². The summed E-state index contributed by atoms with van der Waals surface area (Å²) >= 11 is 0.